The summed E-state index contributed by atoms with van der Waals surface area (Å²) in [6, 6.07) is 7.89. The molecule has 0 heterocycles. The van der Waals surface area contributed by atoms with Crippen LogP contribution in [0.25, 0.3) is 0 Å². The highest BCUT2D eigenvalue weighted by atomic mass is 35.5. The summed E-state index contributed by atoms with van der Waals surface area (Å²) >= 11 is 17.9. The zero-order valence-electron chi connectivity index (χ0n) is 10.9. The van der Waals surface area contributed by atoms with E-state index in [9.17, 15) is 0 Å². The van der Waals surface area contributed by atoms with Gasteiger partial charge in [0, 0.05) is 12.1 Å². The summed E-state index contributed by atoms with van der Waals surface area (Å²) in [7, 11) is 1.53. The second-order valence-electron chi connectivity index (χ2n) is 4.07. The van der Waals surface area contributed by atoms with Crippen molar-refractivity contribution in [2.24, 2.45) is 5.73 Å². The second kappa shape index (κ2) is 6.43. The number of nitrogens with one attached hydrogen (secondary N) is 1. The lowest BCUT2D eigenvalue weighted by molar-refractivity contribution is 0.409. The second-order valence-corrected chi connectivity index (χ2v) is 5.30. The molecule has 0 amide bonds. The van der Waals surface area contributed by atoms with E-state index in [-0.39, 0.29) is 5.84 Å². The van der Waals surface area contributed by atoms with Crippen molar-refractivity contribution in [1.29, 1.82) is 5.41 Å². The Labute approximate surface area is 136 Å². The number of benzene rings is 2. The molecule has 2 aromatic carbocycles. The van der Waals surface area contributed by atoms with Crippen LogP contribution in [0.5, 0.6) is 17.2 Å². The smallest absolute Gasteiger partial charge is 0.147 e. The van der Waals surface area contributed by atoms with Gasteiger partial charge < -0.3 is 15.2 Å². The first-order valence-corrected chi connectivity index (χ1v) is 6.90. The monoisotopic (exact) mass is 344 g/mol. The van der Waals surface area contributed by atoms with E-state index in [1.165, 1.54) is 19.2 Å². The van der Waals surface area contributed by atoms with Crippen LogP contribution in [-0.2, 0) is 0 Å². The van der Waals surface area contributed by atoms with E-state index in [1.54, 1.807) is 18.2 Å². The largest absolute Gasteiger partial charge is 0.497 e. The van der Waals surface area contributed by atoms with Gasteiger partial charge in [-0.3, -0.25) is 5.41 Å². The summed E-state index contributed by atoms with van der Waals surface area (Å²) in [6.07, 6.45) is 0. The Hall–Kier alpha value is -1.62. The van der Waals surface area contributed by atoms with Gasteiger partial charge in [0.15, 0.2) is 0 Å². The third-order valence-corrected chi connectivity index (χ3v) is 3.69. The number of ether oxygens (including phenoxy) is 2. The Morgan fingerprint density at radius 1 is 1.00 bits per heavy atom. The van der Waals surface area contributed by atoms with Crippen LogP contribution in [0.15, 0.2) is 30.3 Å². The highest BCUT2D eigenvalue weighted by molar-refractivity contribution is 6.43. The molecule has 21 heavy (non-hydrogen) atoms. The predicted molar refractivity (Wildman–Crippen MR) is 85.6 cm³/mol. The van der Waals surface area contributed by atoms with Gasteiger partial charge in [0.1, 0.15) is 23.1 Å². The molecule has 0 saturated heterocycles. The molecule has 4 nitrogen and oxygen atoms in total. The van der Waals surface area contributed by atoms with Crippen LogP contribution in [0.3, 0.4) is 0 Å². The minimum absolute atomic E-state index is 0.135. The molecule has 0 atom stereocenters. The first kappa shape index (κ1) is 15.8. The molecule has 0 unspecified atom stereocenters. The van der Waals surface area contributed by atoms with Crippen molar-refractivity contribution in [1.82, 2.24) is 0 Å². The Bertz CT molecular complexity index is 705. The SMILES string of the molecule is COc1ccc(C(=N)N)c(Oc2cc(Cl)c(Cl)cc2Cl)c1. The molecular weight excluding hydrogens is 335 g/mol. The van der Waals surface area contributed by atoms with Crippen molar-refractivity contribution in [3.8, 4) is 17.2 Å². The number of hydrogen-bond donors (Lipinski definition) is 2. The Morgan fingerprint density at radius 3 is 2.29 bits per heavy atom. The molecule has 0 spiro atoms. The lowest BCUT2D eigenvalue weighted by Gasteiger charge is -2.13. The number of nitrogen functional groups attached to an aromatic ring is 1. The van der Waals surface area contributed by atoms with Crippen molar-refractivity contribution in [2.45, 2.75) is 0 Å². The maximum absolute atomic E-state index is 7.58. The molecule has 0 aromatic heterocycles. The maximum Gasteiger partial charge on any atom is 0.147 e. The fourth-order valence-corrected chi connectivity index (χ4v) is 2.21. The van der Waals surface area contributed by atoms with E-state index in [0.717, 1.165) is 0 Å². The topological polar surface area (TPSA) is 68.3 Å². The van der Waals surface area contributed by atoms with Crippen molar-refractivity contribution in [2.75, 3.05) is 7.11 Å². The molecule has 0 aliphatic rings. The first-order chi connectivity index (χ1) is 9.92. The van der Waals surface area contributed by atoms with E-state index >= 15 is 0 Å². The van der Waals surface area contributed by atoms with Crippen molar-refractivity contribution in [3.05, 3.63) is 51.0 Å². The van der Waals surface area contributed by atoms with Crippen LogP contribution in [0, 0.1) is 5.41 Å². The summed E-state index contributed by atoms with van der Waals surface area (Å²) in [6.45, 7) is 0. The summed E-state index contributed by atoms with van der Waals surface area (Å²) in [5, 5.41) is 8.50. The fourth-order valence-electron chi connectivity index (χ4n) is 1.64. The third kappa shape index (κ3) is 3.53. The molecule has 0 fully saturated rings. The van der Waals surface area contributed by atoms with Gasteiger partial charge >= 0.3 is 0 Å². The normalized spacial score (nSPS) is 10.3. The van der Waals surface area contributed by atoms with E-state index in [1.807, 2.05) is 0 Å². The van der Waals surface area contributed by atoms with Crippen LogP contribution in [0.2, 0.25) is 15.1 Å². The average molecular weight is 346 g/mol. The van der Waals surface area contributed by atoms with Gasteiger partial charge in [-0.25, -0.2) is 0 Å². The van der Waals surface area contributed by atoms with E-state index in [2.05, 4.69) is 0 Å². The minimum Gasteiger partial charge on any atom is -0.497 e. The van der Waals surface area contributed by atoms with Gasteiger partial charge in [0.2, 0.25) is 0 Å². The highest BCUT2D eigenvalue weighted by Gasteiger charge is 2.13. The van der Waals surface area contributed by atoms with Gasteiger partial charge in [-0.2, -0.15) is 0 Å². The zero-order chi connectivity index (χ0) is 15.6. The lowest BCUT2D eigenvalue weighted by Crippen LogP contribution is -2.12. The Morgan fingerprint density at radius 2 is 1.67 bits per heavy atom. The van der Waals surface area contributed by atoms with Gasteiger partial charge in [-0.1, -0.05) is 34.8 Å². The number of amidine groups is 1. The quantitative estimate of drug-likeness (QED) is 0.478. The van der Waals surface area contributed by atoms with Crippen LogP contribution in [0.4, 0.5) is 0 Å². The minimum atomic E-state index is -0.135. The molecule has 2 aromatic rings. The molecule has 7 heteroatoms. The van der Waals surface area contributed by atoms with Gasteiger partial charge in [-0.05, 0) is 18.2 Å². The summed E-state index contributed by atoms with van der Waals surface area (Å²) in [5.41, 5.74) is 5.95. The maximum atomic E-state index is 7.58. The fraction of sp³-hybridized carbons (Fsp3) is 0.0714. The Balaban J connectivity index is 2.47. The standard InChI is InChI=1S/C14H11Cl3N2O2/c1-20-7-2-3-8(14(18)19)12(4-7)21-13-6-10(16)9(15)5-11(13)17/h2-6H,1H3,(H3,18,19). The van der Waals surface area contributed by atoms with E-state index in [4.69, 9.17) is 55.4 Å². The molecular formula is C14H11Cl3N2O2. The number of nitrogens with two attached hydrogens (primary N) is 1. The van der Waals surface area contributed by atoms with Crippen molar-refractivity contribution < 1.29 is 9.47 Å². The van der Waals surface area contributed by atoms with E-state index < -0.39 is 0 Å². The van der Waals surface area contributed by atoms with Crippen LogP contribution in [0.1, 0.15) is 5.56 Å². The summed E-state index contributed by atoms with van der Waals surface area (Å²) in [5.74, 6) is 1.07. The predicted octanol–water partition coefficient (Wildman–Crippen LogP) is 4.73. The number of hydrogen-bond acceptors (Lipinski definition) is 3. The van der Waals surface area contributed by atoms with Crippen LogP contribution < -0.4 is 15.2 Å². The number of halogens is 3. The molecule has 110 valence electrons. The molecule has 3 N–H and O–H groups in total. The first-order valence-electron chi connectivity index (χ1n) is 5.77. The summed E-state index contributed by atoms with van der Waals surface area (Å²) in [4.78, 5) is 0. The van der Waals surface area contributed by atoms with Gasteiger partial charge in [0.25, 0.3) is 0 Å². The van der Waals surface area contributed by atoms with Crippen molar-refractivity contribution >= 4 is 40.6 Å². The lowest BCUT2D eigenvalue weighted by atomic mass is 10.1. The van der Waals surface area contributed by atoms with Crippen LogP contribution >= 0.6 is 34.8 Å². The molecule has 2 rings (SSSR count). The molecule has 0 aliphatic carbocycles. The number of methoxy groups -OCH3 is 1. The zero-order valence-corrected chi connectivity index (χ0v) is 13.2. The highest BCUT2D eigenvalue weighted by Crippen LogP contribution is 2.38. The Kier molecular flexibility index (Phi) is 4.83. The molecule has 0 aliphatic heterocycles. The van der Waals surface area contributed by atoms with Gasteiger partial charge in [0.05, 0.1) is 27.7 Å². The van der Waals surface area contributed by atoms with E-state index in [0.29, 0.717) is 37.9 Å². The number of rotatable bonds is 4. The van der Waals surface area contributed by atoms with Crippen molar-refractivity contribution in [3.63, 3.8) is 0 Å². The molecule has 0 saturated carbocycles. The van der Waals surface area contributed by atoms with Gasteiger partial charge in [-0.15, -0.1) is 0 Å². The average Bonchev–Trinajstić information content (AvgIpc) is 2.44. The van der Waals surface area contributed by atoms with Crippen LogP contribution in [-0.4, -0.2) is 12.9 Å². The molecule has 0 radical (unpaired) electrons. The summed E-state index contributed by atoms with van der Waals surface area (Å²) < 4.78 is 10.8. The third-order valence-electron chi connectivity index (χ3n) is 2.67. The molecule has 0 bridgehead atoms.